The van der Waals surface area contributed by atoms with E-state index in [4.69, 9.17) is 0 Å². The minimum atomic E-state index is -0.339. The number of hydrogen-bond donors (Lipinski definition) is 2. The largest absolute Gasteiger partial charge is 0.465 e. The van der Waals surface area contributed by atoms with Crippen molar-refractivity contribution in [2.24, 2.45) is 4.99 Å². The molecule has 0 aromatic heterocycles. The van der Waals surface area contributed by atoms with Crippen molar-refractivity contribution in [3.8, 4) is 0 Å². The number of hydrogen-bond acceptors (Lipinski definition) is 3. The Labute approximate surface area is 176 Å². The molecule has 0 spiro atoms. The van der Waals surface area contributed by atoms with E-state index >= 15 is 0 Å². The molecule has 0 atom stereocenters. The Morgan fingerprint density at radius 3 is 2.48 bits per heavy atom. The van der Waals surface area contributed by atoms with Crippen LogP contribution in [0.15, 0.2) is 53.5 Å². The van der Waals surface area contributed by atoms with Crippen LogP contribution in [0.5, 0.6) is 0 Å². The summed E-state index contributed by atoms with van der Waals surface area (Å²) in [6, 6.07) is 13.7. The van der Waals surface area contributed by atoms with Gasteiger partial charge in [0, 0.05) is 13.1 Å². The van der Waals surface area contributed by atoms with Crippen molar-refractivity contribution >= 4 is 35.9 Å². The number of guanidine groups is 1. The summed E-state index contributed by atoms with van der Waals surface area (Å²) in [4.78, 5) is 15.9. The molecule has 0 amide bonds. The van der Waals surface area contributed by atoms with Crippen molar-refractivity contribution in [3.63, 3.8) is 0 Å². The summed E-state index contributed by atoms with van der Waals surface area (Å²) in [6.45, 7) is 3.82. The lowest BCUT2D eigenvalue weighted by atomic mass is 10.1. The second kappa shape index (κ2) is 12.3. The Balaban J connectivity index is 0.00000364. The summed E-state index contributed by atoms with van der Waals surface area (Å²) in [5.74, 6) is 0.0857. The third-order valence-electron chi connectivity index (χ3n) is 3.73. The molecule has 2 N–H and O–H groups in total. The molecule has 0 aliphatic rings. The minimum absolute atomic E-state index is 0. The van der Waals surface area contributed by atoms with Gasteiger partial charge in [-0.1, -0.05) is 24.3 Å². The second-order valence-electron chi connectivity index (χ2n) is 5.69. The lowest BCUT2D eigenvalue weighted by molar-refractivity contribution is 0.0600. The van der Waals surface area contributed by atoms with Crippen LogP contribution in [0.2, 0.25) is 0 Å². The van der Waals surface area contributed by atoms with Crippen LogP contribution in [0, 0.1) is 5.82 Å². The van der Waals surface area contributed by atoms with Gasteiger partial charge in [-0.05, 0) is 48.7 Å². The maximum Gasteiger partial charge on any atom is 0.337 e. The highest BCUT2D eigenvalue weighted by molar-refractivity contribution is 14.0. The van der Waals surface area contributed by atoms with Crippen molar-refractivity contribution in [2.75, 3.05) is 20.2 Å². The quantitative estimate of drug-likeness (QED) is 0.273. The Kier molecular flexibility index (Phi) is 10.4. The molecule has 0 bridgehead atoms. The average Bonchev–Trinajstić information content (AvgIpc) is 2.66. The predicted octanol–water partition coefficient (Wildman–Crippen LogP) is 3.53. The van der Waals surface area contributed by atoms with Crippen molar-refractivity contribution < 1.29 is 13.9 Å². The number of esters is 1. The van der Waals surface area contributed by atoms with Crippen LogP contribution in [0.1, 0.15) is 28.4 Å². The highest BCUT2D eigenvalue weighted by Crippen LogP contribution is 2.06. The number of nitrogens with zero attached hydrogens (tertiary/aromatic N) is 1. The van der Waals surface area contributed by atoms with Gasteiger partial charge in [0.25, 0.3) is 0 Å². The number of halogens is 2. The molecule has 2 aromatic carbocycles. The van der Waals surface area contributed by atoms with E-state index in [1.165, 1.54) is 19.2 Å². The van der Waals surface area contributed by atoms with Crippen LogP contribution in [-0.2, 0) is 17.7 Å². The van der Waals surface area contributed by atoms with Crippen LogP contribution in [0.4, 0.5) is 4.39 Å². The standard InChI is InChI=1S/C20H24FN3O2.HI/c1-3-22-20(24-14-16-5-4-6-18(21)13-16)23-12-11-15-7-9-17(10-8-15)19(25)26-2;/h4-10,13H,3,11-12,14H2,1-2H3,(H2,22,23,24);1H. The first-order chi connectivity index (χ1) is 12.6. The first-order valence-electron chi connectivity index (χ1n) is 8.56. The van der Waals surface area contributed by atoms with Gasteiger partial charge in [-0.15, -0.1) is 24.0 Å². The summed E-state index contributed by atoms with van der Waals surface area (Å²) >= 11 is 0. The van der Waals surface area contributed by atoms with E-state index in [-0.39, 0.29) is 35.8 Å². The van der Waals surface area contributed by atoms with Crippen LogP contribution < -0.4 is 10.6 Å². The van der Waals surface area contributed by atoms with E-state index in [2.05, 4.69) is 20.4 Å². The van der Waals surface area contributed by atoms with Gasteiger partial charge < -0.3 is 15.4 Å². The Morgan fingerprint density at radius 2 is 1.85 bits per heavy atom. The highest BCUT2D eigenvalue weighted by Gasteiger charge is 2.04. The zero-order valence-electron chi connectivity index (χ0n) is 15.5. The van der Waals surface area contributed by atoms with Gasteiger partial charge in [-0.2, -0.15) is 0 Å². The van der Waals surface area contributed by atoms with Crippen molar-refractivity contribution in [1.82, 2.24) is 10.6 Å². The number of aliphatic imine (C=N–C) groups is 1. The molecule has 0 radical (unpaired) electrons. The molecular weight excluding hydrogens is 460 g/mol. The monoisotopic (exact) mass is 485 g/mol. The van der Waals surface area contributed by atoms with Gasteiger partial charge in [-0.25, -0.2) is 14.2 Å². The van der Waals surface area contributed by atoms with Crippen molar-refractivity contribution in [3.05, 3.63) is 71.0 Å². The van der Waals surface area contributed by atoms with E-state index in [0.717, 1.165) is 24.1 Å². The molecule has 0 saturated carbocycles. The molecule has 0 saturated heterocycles. The molecule has 0 unspecified atom stereocenters. The molecule has 0 fully saturated rings. The van der Waals surface area contributed by atoms with Crippen LogP contribution in [0.3, 0.4) is 0 Å². The summed E-state index contributed by atoms with van der Waals surface area (Å²) < 4.78 is 17.9. The van der Waals surface area contributed by atoms with Gasteiger partial charge in [0.05, 0.1) is 19.2 Å². The smallest absolute Gasteiger partial charge is 0.337 e. The lowest BCUT2D eigenvalue weighted by Crippen LogP contribution is -2.38. The summed E-state index contributed by atoms with van der Waals surface area (Å²) in [7, 11) is 1.37. The normalized spacial score (nSPS) is 10.7. The number of ether oxygens (including phenoxy) is 1. The maximum absolute atomic E-state index is 13.2. The molecule has 27 heavy (non-hydrogen) atoms. The summed E-state index contributed by atoms with van der Waals surface area (Å²) in [5, 5.41) is 6.43. The fraction of sp³-hybridized carbons (Fsp3) is 0.300. The van der Waals surface area contributed by atoms with Crippen molar-refractivity contribution in [1.29, 1.82) is 0 Å². The first-order valence-corrected chi connectivity index (χ1v) is 8.56. The minimum Gasteiger partial charge on any atom is -0.465 e. The molecule has 2 aromatic rings. The van der Waals surface area contributed by atoms with Gasteiger partial charge in [0.15, 0.2) is 5.96 Å². The third kappa shape index (κ3) is 7.94. The number of carbonyl (C=O) groups excluding carboxylic acids is 1. The molecule has 0 aliphatic carbocycles. The van der Waals surface area contributed by atoms with Gasteiger partial charge >= 0.3 is 5.97 Å². The second-order valence-corrected chi connectivity index (χ2v) is 5.69. The topological polar surface area (TPSA) is 62.7 Å². The van der Waals surface area contributed by atoms with E-state index in [1.54, 1.807) is 18.2 Å². The van der Waals surface area contributed by atoms with Gasteiger partial charge in [0.2, 0.25) is 0 Å². The van der Waals surface area contributed by atoms with E-state index in [9.17, 15) is 9.18 Å². The Bertz CT molecular complexity index is 751. The number of methoxy groups -OCH3 is 1. The van der Waals surface area contributed by atoms with E-state index in [1.807, 2.05) is 25.1 Å². The average molecular weight is 485 g/mol. The molecule has 0 aliphatic heterocycles. The summed E-state index contributed by atoms with van der Waals surface area (Å²) in [6.07, 6.45) is 0.784. The first kappa shape index (κ1) is 22.9. The third-order valence-corrected chi connectivity index (χ3v) is 3.73. The van der Waals surface area contributed by atoms with Crippen LogP contribution in [-0.4, -0.2) is 32.1 Å². The number of benzene rings is 2. The van der Waals surface area contributed by atoms with Crippen molar-refractivity contribution in [2.45, 2.75) is 19.9 Å². The van der Waals surface area contributed by atoms with Crippen LogP contribution >= 0.6 is 24.0 Å². The van der Waals surface area contributed by atoms with E-state index < -0.39 is 0 Å². The molecule has 7 heteroatoms. The number of carbonyl (C=O) groups is 1. The highest BCUT2D eigenvalue weighted by atomic mass is 127. The Hall–Kier alpha value is -2.16. The fourth-order valence-corrected chi connectivity index (χ4v) is 2.40. The predicted molar refractivity (Wildman–Crippen MR) is 116 cm³/mol. The fourth-order valence-electron chi connectivity index (χ4n) is 2.40. The summed E-state index contributed by atoms with van der Waals surface area (Å²) in [5.41, 5.74) is 2.46. The van der Waals surface area contributed by atoms with Gasteiger partial charge in [0.1, 0.15) is 5.82 Å². The molecule has 5 nitrogen and oxygen atoms in total. The zero-order chi connectivity index (χ0) is 18.8. The molecule has 0 heterocycles. The van der Waals surface area contributed by atoms with Crippen LogP contribution in [0.25, 0.3) is 0 Å². The molecule has 146 valence electrons. The SMILES string of the molecule is CCNC(=NCc1cccc(F)c1)NCCc1ccc(C(=O)OC)cc1.I. The molecular formula is C20H25FIN3O2. The maximum atomic E-state index is 13.2. The molecule has 2 rings (SSSR count). The zero-order valence-corrected chi connectivity index (χ0v) is 17.8. The Morgan fingerprint density at radius 1 is 1.11 bits per heavy atom. The number of rotatable bonds is 7. The number of nitrogens with one attached hydrogen (secondary N) is 2. The van der Waals surface area contributed by atoms with E-state index in [0.29, 0.717) is 24.6 Å². The van der Waals surface area contributed by atoms with Gasteiger partial charge in [-0.3, -0.25) is 0 Å². The lowest BCUT2D eigenvalue weighted by Gasteiger charge is -2.11.